The molecule has 2 heterocycles. The number of nitrogens with zero attached hydrogens (tertiary/aromatic N) is 1. The minimum absolute atomic E-state index is 0.0332. The molecule has 0 spiro atoms. The van der Waals surface area contributed by atoms with E-state index in [9.17, 15) is 0 Å². The zero-order chi connectivity index (χ0) is 18.7. The van der Waals surface area contributed by atoms with Crippen LogP contribution in [0, 0.1) is 0 Å². The third-order valence-electron chi connectivity index (χ3n) is 4.19. The zero-order valence-corrected chi connectivity index (χ0v) is 16.1. The number of rotatable bonds is 4. The lowest BCUT2D eigenvalue weighted by atomic mass is 9.89. The predicted molar refractivity (Wildman–Crippen MR) is 105 cm³/mol. The summed E-state index contributed by atoms with van der Waals surface area (Å²) < 4.78 is 16.5. The van der Waals surface area contributed by atoms with Gasteiger partial charge in [0.05, 0.1) is 32.1 Å². The molecule has 1 unspecified atom stereocenters. The first kappa shape index (κ1) is 18.3. The van der Waals surface area contributed by atoms with E-state index in [4.69, 9.17) is 26.4 Å². The Morgan fingerprint density at radius 2 is 2.04 bits per heavy atom. The van der Waals surface area contributed by atoms with E-state index < -0.39 is 0 Å². The molecule has 3 rings (SSSR count). The van der Waals surface area contributed by atoms with Gasteiger partial charge in [0.1, 0.15) is 17.1 Å². The highest BCUT2D eigenvalue weighted by atomic mass is 32.1. The highest BCUT2D eigenvalue weighted by Crippen LogP contribution is 2.41. The van der Waals surface area contributed by atoms with Crippen molar-refractivity contribution in [2.75, 3.05) is 19.5 Å². The number of aromatic nitrogens is 1. The van der Waals surface area contributed by atoms with Crippen LogP contribution in [0.1, 0.15) is 31.9 Å². The van der Waals surface area contributed by atoms with E-state index >= 15 is 0 Å². The molecule has 7 heteroatoms. The maximum atomic E-state index is 6.11. The SMILES string of the molecule is COc1ccc2c(c1)OC(C)(C)CC2NC(=S)Nc1ccc(OC)nc1. The minimum atomic E-state index is -0.311. The molecule has 26 heavy (non-hydrogen) atoms. The second-order valence-corrected chi connectivity index (χ2v) is 7.12. The van der Waals surface area contributed by atoms with Crippen LogP contribution in [-0.2, 0) is 0 Å². The normalized spacial score (nSPS) is 17.5. The van der Waals surface area contributed by atoms with Crippen LogP contribution in [0.25, 0.3) is 0 Å². The fourth-order valence-corrected chi connectivity index (χ4v) is 3.25. The van der Waals surface area contributed by atoms with Crippen molar-refractivity contribution in [1.82, 2.24) is 10.3 Å². The van der Waals surface area contributed by atoms with Gasteiger partial charge in [-0.2, -0.15) is 0 Å². The Balaban J connectivity index is 1.75. The van der Waals surface area contributed by atoms with Gasteiger partial charge in [0.2, 0.25) is 5.88 Å². The Labute approximate surface area is 158 Å². The first-order valence-electron chi connectivity index (χ1n) is 8.35. The Kier molecular flexibility index (Phi) is 5.18. The molecule has 0 bridgehead atoms. The monoisotopic (exact) mass is 373 g/mol. The van der Waals surface area contributed by atoms with Crippen LogP contribution in [0.4, 0.5) is 5.69 Å². The number of thiocarbonyl (C=S) groups is 1. The number of nitrogens with one attached hydrogen (secondary N) is 2. The summed E-state index contributed by atoms with van der Waals surface area (Å²) >= 11 is 5.48. The molecule has 138 valence electrons. The van der Waals surface area contributed by atoms with Gasteiger partial charge in [-0.1, -0.05) is 0 Å². The molecule has 0 fully saturated rings. The van der Waals surface area contributed by atoms with Gasteiger partial charge in [-0.05, 0) is 44.3 Å². The van der Waals surface area contributed by atoms with E-state index in [0.717, 1.165) is 29.2 Å². The number of pyridine rings is 1. The Morgan fingerprint density at radius 1 is 1.23 bits per heavy atom. The lowest BCUT2D eigenvalue weighted by molar-refractivity contribution is 0.0693. The van der Waals surface area contributed by atoms with E-state index in [1.165, 1.54) is 0 Å². The van der Waals surface area contributed by atoms with Gasteiger partial charge in [0.15, 0.2) is 5.11 Å². The number of methoxy groups -OCH3 is 2. The van der Waals surface area contributed by atoms with Crippen molar-refractivity contribution in [3.63, 3.8) is 0 Å². The Hall–Kier alpha value is -2.54. The third kappa shape index (κ3) is 4.16. The summed E-state index contributed by atoms with van der Waals surface area (Å²) in [4.78, 5) is 4.17. The van der Waals surface area contributed by atoms with Crippen molar-refractivity contribution in [3.8, 4) is 17.4 Å². The van der Waals surface area contributed by atoms with Gasteiger partial charge in [-0.25, -0.2) is 4.98 Å². The van der Waals surface area contributed by atoms with Crippen LogP contribution >= 0.6 is 12.2 Å². The number of benzene rings is 1. The molecule has 1 atom stereocenters. The molecular formula is C19H23N3O3S. The molecule has 6 nitrogen and oxygen atoms in total. The number of hydrogen-bond acceptors (Lipinski definition) is 5. The van der Waals surface area contributed by atoms with Crippen molar-refractivity contribution in [3.05, 3.63) is 42.1 Å². The molecule has 1 aliphatic heterocycles. The summed E-state index contributed by atoms with van der Waals surface area (Å²) in [5, 5.41) is 7.07. The highest BCUT2D eigenvalue weighted by molar-refractivity contribution is 7.80. The molecule has 1 aromatic carbocycles. The van der Waals surface area contributed by atoms with Gasteiger partial charge in [0, 0.05) is 24.1 Å². The first-order valence-corrected chi connectivity index (χ1v) is 8.75. The number of anilines is 1. The van der Waals surface area contributed by atoms with Crippen LogP contribution in [0.3, 0.4) is 0 Å². The summed E-state index contributed by atoms with van der Waals surface area (Å²) in [5.41, 5.74) is 1.54. The lowest BCUT2D eigenvalue weighted by Gasteiger charge is -2.38. The van der Waals surface area contributed by atoms with Gasteiger partial charge in [-0.15, -0.1) is 0 Å². The van der Waals surface area contributed by atoms with Crippen LogP contribution in [0.15, 0.2) is 36.5 Å². The van der Waals surface area contributed by atoms with E-state index in [-0.39, 0.29) is 11.6 Å². The number of fused-ring (bicyclic) bond motifs is 1. The molecule has 1 aliphatic rings. The third-order valence-corrected chi connectivity index (χ3v) is 4.41. The summed E-state index contributed by atoms with van der Waals surface area (Å²) in [6, 6.07) is 9.54. The largest absolute Gasteiger partial charge is 0.497 e. The molecule has 0 saturated heterocycles. The summed E-state index contributed by atoms with van der Waals surface area (Å²) in [6.45, 7) is 4.13. The van der Waals surface area contributed by atoms with Gasteiger partial charge >= 0.3 is 0 Å². The van der Waals surface area contributed by atoms with E-state index in [0.29, 0.717) is 11.0 Å². The second kappa shape index (κ2) is 7.37. The highest BCUT2D eigenvalue weighted by Gasteiger charge is 2.34. The number of ether oxygens (including phenoxy) is 3. The molecular weight excluding hydrogens is 350 g/mol. The quantitative estimate of drug-likeness (QED) is 0.793. The second-order valence-electron chi connectivity index (χ2n) is 6.71. The molecule has 2 N–H and O–H groups in total. The maximum absolute atomic E-state index is 6.11. The zero-order valence-electron chi connectivity index (χ0n) is 15.3. The van der Waals surface area contributed by atoms with Crippen LogP contribution in [0.5, 0.6) is 17.4 Å². The fourth-order valence-electron chi connectivity index (χ4n) is 2.99. The van der Waals surface area contributed by atoms with Crippen molar-refractivity contribution in [2.24, 2.45) is 0 Å². The van der Waals surface area contributed by atoms with E-state index in [1.807, 2.05) is 24.3 Å². The topological polar surface area (TPSA) is 64.6 Å². The molecule has 0 amide bonds. The predicted octanol–water partition coefficient (Wildman–Crippen LogP) is 3.69. The lowest BCUT2D eigenvalue weighted by Crippen LogP contribution is -2.42. The molecule has 0 saturated carbocycles. The standard InChI is InChI=1S/C19H23N3O3S/c1-19(2)10-15(14-7-6-13(23-3)9-16(14)25-19)22-18(26)21-12-5-8-17(24-4)20-11-12/h5-9,11,15H,10H2,1-4H3,(H2,21,22,26). The fraction of sp³-hybridized carbons (Fsp3) is 0.368. The molecule has 0 aliphatic carbocycles. The van der Waals surface area contributed by atoms with E-state index in [2.05, 4.69) is 29.5 Å². The molecule has 1 aromatic heterocycles. The molecule has 0 radical (unpaired) electrons. The smallest absolute Gasteiger partial charge is 0.213 e. The summed E-state index contributed by atoms with van der Waals surface area (Å²) in [5.74, 6) is 2.14. The molecule has 2 aromatic rings. The number of hydrogen-bond donors (Lipinski definition) is 2. The Morgan fingerprint density at radius 3 is 2.69 bits per heavy atom. The average molecular weight is 373 g/mol. The van der Waals surface area contributed by atoms with Crippen molar-refractivity contribution >= 4 is 23.0 Å². The van der Waals surface area contributed by atoms with E-state index in [1.54, 1.807) is 26.5 Å². The van der Waals surface area contributed by atoms with Gasteiger partial charge < -0.3 is 24.8 Å². The van der Waals surface area contributed by atoms with Crippen LogP contribution in [-0.4, -0.2) is 29.9 Å². The van der Waals surface area contributed by atoms with Crippen molar-refractivity contribution in [1.29, 1.82) is 0 Å². The first-order chi connectivity index (χ1) is 12.4. The van der Waals surface area contributed by atoms with Crippen molar-refractivity contribution in [2.45, 2.75) is 31.9 Å². The minimum Gasteiger partial charge on any atom is -0.497 e. The van der Waals surface area contributed by atoms with Gasteiger partial charge in [-0.3, -0.25) is 0 Å². The van der Waals surface area contributed by atoms with Crippen molar-refractivity contribution < 1.29 is 14.2 Å². The van der Waals surface area contributed by atoms with Crippen LogP contribution < -0.4 is 24.8 Å². The summed E-state index contributed by atoms with van der Waals surface area (Å²) in [6.07, 6.45) is 2.47. The van der Waals surface area contributed by atoms with Crippen LogP contribution in [0.2, 0.25) is 0 Å². The average Bonchev–Trinajstić information content (AvgIpc) is 2.60. The summed E-state index contributed by atoms with van der Waals surface area (Å²) in [7, 11) is 3.23. The van der Waals surface area contributed by atoms with Gasteiger partial charge in [0.25, 0.3) is 0 Å². The Bertz CT molecular complexity index is 793. The maximum Gasteiger partial charge on any atom is 0.213 e.